The molecule has 0 spiro atoms. The third-order valence-corrected chi connectivity index (χ3v) is 5.76. The van der Waals surface area contributed by atoms with Crippen LogP contribution in [-0.2, 0) is 24.9 Å². The number of fused-ring (bicyclic) bond motifs is 1. The third-order valence-electron chi connectivity index (χ3n) is 5.02. The molecule has 0 bridgehead atoms. The fraction of sp³-hybridized carbons (Fsp3) is 0.389. The van der Waals surface area contributed by atoms with Crippen molar-refractivity contribution in [2.24, 2.45) is 7.05 Å². The van der Waals surface area contributed by atoms with Crippen molar-refractivity contribution in [1.29, 1.82) is 0 Å². The van der Waals surface area contributed by atoms with Crippen LogP contribution in [-0.4, -0.2) is 45.4 Å². The van der Waals surface area contributed by atoms with Crippen molar-refractivity contribution in [3.63, 3.8) is 0 Å². The second-order valence-corrected chi connectivity index (χ2v) is 7.71. The summed E-state index contributed by atoms with van der Waals surface area (Å²) in [6.07, 6.45) is 0. The lowest BCUT2D eigenvalue weighted by Crippen LogP contribution is -3.12. The SMILES string of the molecule is Cn1c(=O)[nH]c(=O)c2c1nc(C[NH+]1CCOCC1)n2Cc1ccc(Cl)c(Cl)c1. The number of aromatic amines is 1. The molecule has 1 aliphatic rings. The van der Waals surface area contributed by atoms with Gasteiger partial charge >= 0.3 is 5.69 Å². The maximum absolute atomic E-state index is 12.6. The number of nitrogens with zero attached hydrogens (tertiary/aromatic N) is 3. The number of hydrogen-bond acceptors (Lipinski definition) is 4. The summed E-state index contributed by atoms with van der Waals surface area (Å²) in [5, 5.41) is 0.921. The van der Waals surface area contributed by atoms with Crippen LogP contribution in [0.25, 0.3) is 11.2 Å². The predicted octanol–water partition coefficient (Wildman–Crippen LogP) is 0.194. The van der Waals surface area contributed by atoms with Crippen LogP contribution in [0.4, 0.5) is 0 Å². The Balaban J connectivity index is 1.83. The fourth-order valence-electron chi connectivity index (χ4n) is 3.47. The number of quaternary nitrogens is 1. The van der Waals surface area contributed by atoms with E-state index in [2.05, 4.69) is 9.97 Å². The Bertz CT molecular complexity index is 1140. The molecule has 2 aromatic heterocycles. The molecule has 0 atom stereocenters. The molecule has 10 heteroatoms. The highest BCUT2D eigenvalue weighted by Crippen LogP contribution is 2.24. The number of aryl methyl sites for hydroxylation is 1. The van der Waals surface area contributed by atoms with Crippen molar-refractivity contribution in [1.82, 2.24) is 19.1 Å². The van der Waals surface area contributed by atoms with Crippen LogP contribution in [0, 0.1) is 0 Å². The van der Waals surface area contributed by atoms with Crippen molar-refractivity contribution in [3.05, 3.63) is 60.5 Å². The minimum atomic E-state index is -0.484. The lowest BCUT2D eigenvalue weighted by atomic mass is 10.2. The molecule has 2 N–H and O–H groups in total. The summed E-state index contributed by atoms with van der Waals surface area (Å²) in [7, 11) is 1.60. The first-order valence-corrected chi connectivity index (χ1v) is 9.73. The Kier molecular flexibility index (Phi) is 5.29. The molecule has 3 aromatic rings. The number of halogens is 2. The van der Waals surface area contributed by atoms with Crippen molar-refractivity contribution in [2.45, 2.75) is 13.1 Å². The molecule has 0 amide bonds. The van der Waals surface area contributed by atoms with Gasteiger partial charge in [-0.15, -0.1) is 0 Å². The first-order valence-electron chi connectivity index (χ1n) is 8.97. The molecule has 0 saturated carbocycles. The second kappa shape index (κ2) is 7.71. The van der Waals surface area contributed by atoms with E-state index in [0.29, 0.717) is 47.5 Å². The Hall–Kier alpha value is -2.13. The molecule has 148 valence electrons. The van der Waals surface area contributed by atoms with E-state index in [1.54, 1.807) is 19.2 Å². The molecule has 0 radical (unpaired) electrons. The molecule has 0 aliphatic carbocycles. The van der Waals surface area contributed by atoms with Gasteiger partial charge in [0.2, 0.25) is 0 Å². The van der Waals surface area contributed by atoms with Crippen molar-refractivity contribution < 1.29 is 9.64 Å². The zero-order valence-corrected chi connectivity index (χ0v) is 16.8. The van der Waals surface area contributed by atoms with Crippen LogP contribution in [0.3, 0.4) is 0 Å². The lowest BCUT2D eigenvalue weighted by molar-refractivity contribution is -0.922. The smallest absolute Gasteiger partial charge is 0.329 e. The van der Waals surface area contributed by atoms with E-state index >= 15 is 0 Å². The van der Waals surface area contributed by atoms with Crippen molar-refractivity contribution in [2.75, 3.05) is 26.3 Å². The van der Waals surface area contributed by atoms with E-state index in [4.69, 9.17) is 27.9 Å². The molecule has 1 aromatic carbocycles. The highest BCUT2D eigenvalue weighted by atomic mass is 35.5. The Labute approximate surface area is 170 Å². The molecular weight excluding hydrogens is 405 g/mol. The molecule has 1 fully saturated rings. The van der Waals surface area contributed by atoms with Crippen LogP contribution in [0.1, 0.15) is 11.4 Å². The molecule has 3 heterocycles. The Morgan fingerprint density at radius 3 is 2.68 bits per heavy atom. The molecule has 28 heavy (non-hydrogen) atoms. The van der Waals surface area contributed by atoms with Crippen LogP contribution in [0.5, 0.6) is 0 Å². The number of hydrogen-bond donors (Lipinski definition) is 2. The molecule has 1 aliphatic heterocycles. The minimum absolute atomic E-state index is 0.371. The maximum atomic E-state index is 12.6. The van der Waals surface area contributed by atoms with Crippen LogP contribution in [0.15, 0.2) is 27.8 Å². The molecule has 4 rings (SSSR count). The highest BCUT2D eigenvalue weighted by Gasteiger charge is 2.22. The first kappa shape index (κ1) is 19.2. The summed E-state index contributed by atoms with van der Waals surface area (Å²) in [6, 6.07) is 5.37. The van der Waals surface area contributed by atoms with Gasteiger partial charge in [-0.05, 0) is 17.7 Å². The van der Waals surface area contributed by atoms with Gasteiger partial charge in [-0.25, -0.2) is 9.78 Å². The first-order chi connectivity index (χ1) is 13.4. The second-order valence-electron chi connectivity index (χ2n) is 6.89. The summed E-state index contributed by atoms with van der Waals surface area (Å²) in [5.41, 5.74) is 0.698. The van der Waals surface area contributed by atoms with Gasteiger partial charge in [0.25, 0.3) is 5.56 Å². The lowest BCUT2D eigenvalue weighted by Gasteiger charge is -2.23. The average molecular weight is 425 g/mol. The minimum Gasteiger partial charge on any atom is -0.370 e. The molecule has 8 nitrogen and oxygen atoms in total. The normalized spacial score (nSPS) is 15.4. The van der Waals surface area contributed by atoms with Gasteiger partial charge < -0.3 is 14.2 Å². The van der Waals surface area contributed by atoms with Gasteiger partial charge in [0.1, 0.15) is 19.6 Å². The van der Waals surface area contributed by atoms with Crippen LogP contribution in [0.2, 0.25) is 10.0 Å². The van der Waals surface area contributed by atoms with Gasteiger partial charge in [0.05, 0.1) is 23.3 Å². The Morgan fingerprint density at radius 2 is 1.96 bits per heavy atom. The zero-order chi connectivity index (χ0) is 19.8. The fourth-order valence-corrected chi connectivity index (χ4v) is 3.79. The van der Waals surface area contributed by atoms with Crippen LogP contribution >= 0.6 is 23.2 Å². The number of H-pyrrole nitrogens is 1. The number of ether oxygens (including phenoxy) is 1. The summed E-state index contributed by atoms with van der Waals surface area (Å²) in [5.74, 6) is 0.740. The van der Waals surface area contributed by atoms with E-state index in [1.807, 2.05) is 10.6 Å². The van der Waals surface area contributed by atoms with Crippen molar-refractivity contribution >= 4 is 34.4 Å². The van der Waals surface area contributed by atoms with E-state index in [0.717, 1.165) is 24.5 Å². The topological polar surface area (TPSA) is 86.3 Å². The number of morpholine rings is 1. The zero-order valence-electron chi connectivity index (χ0n) is 15.3. The third kappa shape index (κ3) is 3.60. The monoisotopic (exact) mass is 424 g/mol. The summed E-state index contributed by atoms with van der Waals surface area (Å²) in [6.45, 7) is 4.15. The summed E-state index contributed by atoms with van der Waals surface area (Å²) >= 11 is 12.2. The van der Waals surface area contributed by atoms with Crippen molar-refractivity contribution in [3.8, 4) is 0 Å². The van der Waals surface area contributed by atoms with E-state index in [9.17, 15) is 9.59 Å². The summed E-state index contributed by atoms with van der Waals surface area (Å²) < 4.78 is 8.64. The Morgan fingerprint density at radius 1 is 1.21 bits per heavy atom. The maximum Gasteiger partial charge on any atom is 0.329 e. The number of benzene rings is 1. The molecule has 1 saturated heterocycles. The predicted molar refractivity (Wildman–Crippen MR) is 106 cm³/mol. The van der Waals surface area contributed by atoms with Gasteiger partial charge in [0, 0.05) is 13.6 Å². The van der Waals surface area contributed by atoms with Crippen LogP contribution < -0.4 is 16.1 Å². The number of imidazole rings is 1. The number of rotatable bonds is 4. The van der Waals surface area contributed by atoms with Gasteiger partial charge in [0.15, 0.2) is 17.0 Å². The van der Waals surface area contributed by atoms with E-state index in [1.165, 1.54) is 9.47 Å². The van der Waals surface area contributed by atoms with Gasteiger partial charge in [-0.3, -0.25) is 14.3 Å². The van der Waals surface area contributed by atoms with Gasteiger partial charge in [-0.2, -0.15) is 0 Å². The number of nitrogens with one attached hydrogen (secondary N) is 2. The van der Waals surface area contributed by atoms with Gasteiger partial charge in [-0.1, -0.05) is 29.3 Å². The largest absolute Gasteiger partial charge is 0.370 e. The molecule has 0 unspecified atom stereocenters. The summed E-state index contributed by atoms with van der Waals surface area (Å²) in [4.78, 5) is 32.9. The quantitative estimate of drug-likeness (QED) is 0.625. The molecular formula is C18H20Cl2N5O3+. The van der Waals surface area contributed by atoms with E-state index in [-0.39, 0.29) is 0 Å². The standard InChI is InChI=1S/C18H19Cl2N5O3/c1-23-16-15(17(26)22-18(23)27)25(9-11-2-3-12(19)13(20)8-11)14(21-16)10-24-4-6-28-7-5-24/h2-3,8H,4-7,9-10H2,1H3,(H,22,26,27)/p+1. The number of aromatic nitrogens is 4. The average Bonchev–Trinajstić information content (AvgIpc) is 3.02. The van der Waals surface area contributed by atoms with E-state index < -0.39 is 11.2 Å². The highest BCUT2D eigenvalue weighted by molar-refractivity contribution is 6.42.